The minimum Gasteiger partial charge on any atom is -0.351 e. The van der Waals surface area contributed by atoms with E-state index in [1.807, 2.05) is 25.1 Å². The molecule has 1 fully saturated rings. The third kappa shape index (κ3) is 4.80. The number of allylic oxidation sites excluding steroid dienone is 2. The number of amides is 1. The van der Waals surface area contributed by atoms with Crippen molar-refractivity contribution in [3.63, 3.8) is 0 Å². The van der Waals surface area contributed by atoms with Crippen LogP contribution in [-0.2, 0) is 6.54 Å². The smallest absolute Gasteiger partial charge is 0.267 e. The third-order valence-electron chi connectivity index (χ3n) is 5.73. The van der Waals surface area contributed by atoms with E-state index in [1.54, 1.807) is 12.4 Å². The van der Waals surface area contributed by atoms with Crippen LogP contribution in [0.25, 0.3) is 6.08 Å². The molecule has 3 rings (SSSR count). The SMILES string of the molecule is C=C1CCC(C(C)(C)C)C/C1=C/c1[nH]c(C(=O)NCc2cccnc2)cc1C. The number of aromatic amines is 1. The zero-order valence-corrected chi connectivity index (χ0v) is 17.4. The zero-order valence-electron chi connectivity index (χ0n) is 17.4. The molecule has 28 heavy (non-hydrogen) atoms. The molecule has 0 spiro atoms. The zero-order chi connectivity index (χ0) is 20.3. The van der Waals surface area contributed by atoms with Gasteiger partial charge in [-0.1, -0.05) is 39.0 Å². The number of pyridine rings is 1. The average Bonchev–Trinajstić information content (AvgIpc) is 3.02. The van der Waals surface area contributed by atoms with Crippen molar-refractivity contribution in [2.45, 2.75) is 53.5 Å². The maximum atomic E-state index is 12.5. The first-order chi connectivity index (χ1) is 13.2. The van der Waals surface area contributed by atoms with Crippen molar-refractivity contribution in [1.29, 1.82) is 0 Å². The van der Waals surface area contributed by atoms with E-state index in [-0.39, 0.29) is 5.91 Å². The molecule has 0 aliphatic heterocycles. The van der Waals surface area contributed by atoms with Gasteiger partial charge >= 0.3 is 0 Å². The van der Waals surface area contributed by atoms with E-state index in [0.29, 0.717) is 23.6 Å². The van der Waals surface area contributed by atoms with Crippen molar-refractivity contribution in [1.82, 2.24) is 15.3 Å². The summed E-state index contributed by atoms with van der Waals surface area (Å²) in [6.45, 7) is 13.7. The van der Waals surface area contributed by atoms with Crippen molar-refractivity contribution in [2.75, 3.05) is 0 Å². The molecule has 0 bridgehead atoms. The van der Waals surface area contributed by atoms with Crippen molar-refractivity contribution < 1.29 is 4.79 Å². The number of carbonyl (C=O) groups is 1. The quantitative estimate of drug-likeness (QED) is 0.746. The number of nitrogens with one attached hydrogen (secondary N) is 2. The lowest BCUT2D eigenvalue weighted by molar-refractivity contribution is 0.0946. The lowest BCUT2D eigenvalue weighted by Crippen LogP contribution is -2.24. The van der Waals surface area contributed by atoms with Crippen LogP contribution in [0.15, 0.2) is 48.3 Å². The van der Waals surface area contributed by atoms with E-state index >= 15 is 0 Å². The fraction of sp³-hybridized carbons (Fsp3) is 0.417. The van der Waals surface area contributed by atoms with E-state index in [0.717, 1.165) is 29.7 Å². The van der Waals surface area contributed by atoms with Gasteiger partial charge in [0.25, 0.3) is 5.91 Å². The third-order valence-corrected chi connectivity index (χ3v) is 5.73. The molecule has 1 atom stereocenters. The summed E-state index contributed by atoms with van der Waals surface area (Å²) in [5.41, 5.74) is 6.45. The van der Waals surface area contributed by atoms with Gasteiger partial charge in [0.05, 0.1) is 0 Å². The van der Waals surface area contributed by atoms with Crippen LogP contribution in [0, 0.1) is 18.3 Å². The second-order valence-electron chi connectivity index (χ2n) is 8.90. The van der Waals surface area contributed by atoms with Gasteiger partial charge in [0.15, 0.2) is 0 Å². The molecule has 1 amide bonds. The Morgan fingerprint density at radius 3 is 2.89 bits per heavy atom. The largest absolute Gasteiger partial charge is 0.351 e. The number of aryl methyl sites for hydroxylation is 1. The minimum absolute atomic E-state index is 0.105. The van der Waals surface area contributed by atoms with Gasteiger partial charge in [-0.25, -0.2) is 0 Å². The monoisotopic (exact) mass is 377 g/mol. The molecule has 1 unspecified atom stereocenters. The standard InChI is InChI=1S/C24H31N3O/c1-16-8-9-20(24(3,4)5)12-19(16)13-21-17(2)11-22(27-21)23(28)26-15-18-7-6-10-25-14-18/h6-7,10-11,13-14,20,27H,1,8-9,12,15H2,2-5H3,(H,26,28)/b19-13-. The first-order valence-electron chi connectivity index (χ1n) is 9.99. The summed E-state index contributed by atoms with van der Waals surface area (Å²) < 4.78 is 0. The molecule has 0 saturated heterocycles. The minimum atomic E-state index is -0.105. The van der Waals surface area contributed by atoms with Crippen LogP contribution in [-0.4, -0.2) is 15.9 Å². The molecule has 1 saturated carbocycles. The van der Waals surface area contributed by atoms with E-state index in [4.69, 9.17) is 0 Å². The Morgan fingerprint density at radius 2 is 2.21 bits per heavy atom. The first kappa shape index (κ1) is 20.1. The van der Waals surface area contributed by atoms with Gasteiger partial charge in [0.1, 0.15) is 5.69 Å². The Kier molecular flexibility index (Phi) is 5.87. The second-order valence-corrected chi connectivity index (χ2v) is 8.90. The van der Waals surface area contributed by atoms with Crippen LogP contribution >= 0.6 is 0 Å². The van der Waals surface area contributed by atoms with Gasteiger partial charge < -0.3 is 10.3 Å². The summed E-state index contributed by atoms with van der Waals surface area (Å²) in [5.74, 6) is 0.549. The Balaban J connectivity index is 1.73. The molecule has 1 aliphatic carbocycles. The second kappa shape index (κ2) is 8.17. The normalized spacial score (nSPS) is 19.1. The predicted molar refractivity (Wildman–Crippen MR) is 115 cm³/mol. The molecular formula is C24H31N3O. The highest BCUT2D eigenvalue weighted by Gasteiger charge is 2.29. The van der Waals surface area contributed by atoms with E-state index < -0.39 is 0 Å². The topological polar surface area (TPSA) is 57.8 Å². The number of carbonyl (C=O) groups excluding carboxylic acids is 1. The van der Waals surface area contributed by atoms with Crippen molar-refractivity contribution in [3.8, 4) is 0 Å². The molecule has 4 heteroatoms. The number of H-pyrrole nitrogens is 1. The summed E-state index contributed by atoms with van der Waals surface area (Å²) in [5, 5.41) is 2.95. The maximum Gasteiger partial charge on any atom is 0.267 e. The van der Waals surface area contributed by atoms with Gasteiger partial charge in [-0.2, -0.15) is 0 Å². The van der Waals surface area contributed by atoms with Crippen molar-refractivity contribution >= 4 is 12.0 Å². The van der Waals surface area contributed by atoms with Crippen LogP contribution < -0.4 is 5.32 Å². The van der Waals surface area contributed by atoms with Gasteiger partial charge in [-0.15, -0.1) is 0 Å². The predicted octanol–water partition coefficient (Wildman–Crippen LogP) is 5.43. The highest BCUT2D eigenvalue weighted by Crippen LogP contribution is 2.42. The molecule has 2 aromatic rings. The molecule has 2 aromatic heterocycles. The van der Waals surface area contributed by atoms with Gasteiger partial charge in [0.2, 0.25) is 0 Å². The number of aromatic nitrogens is 2. The highest BCUT2D eigenvalue weighted by molar-refractivity contribution is 5.93. The Hall–Kier alpha value is -2.62. The van der Waals surface area contributed by atoms with Gasteiger partial charge in [0, 0.05) is 24.6 Å². The molecule has 2 heterocycles. The number of hydrogen-bond acceptors (Lipinski definition) is 2. The average molecular weight is 378 g/mol. The van der Waals surface area contributed by atoms with Crippen molar-refractivity contribution in [3.05, 3.63) is 70.8 Å². The van der Waals surface area contributed by atoms with Crippen LogP contribution in [0.2, 0.25) is 0 Å². The van der Waals surface area contributed by atoms with Crippen LogP contribution in [0.5, 0.6) is 0 Å². The molecule has 4 nitrogen and oxygen atoms in total. The summed E-state index contributed by atoms with van der Waals surface area (Å²) in [4.78, 5) is 19.9. The van der Waals surface area contributed by atoms with Crippen LogP contribution in [0.4, 0.5) is 0 Å². The van der Waals surface area contributed by atoms with E-state index in [2.05, 4.69) is 48.7 Å². The number of nitrogens with zero attached hydrogens (tertiary/aromatic N) is 1. The van der Waals surface area contributed by atoms with E-state index in [1.165, 1.54) is 17.6 Å². The van der Waals surface area contributed by atoms with Crippen LogP contribution in [0.3, 0.4) is 0 Å². The summed E-state index contributed by atoms with van der Waals surface area (Å²) in [6.07, 6.45) is 8.97. The Bertz CT molecular complexity index is 884. The molecular weight excluding hydrogens is 346 g/mol. The summed E-state index contributed by atoms with van der Waals surface area (Å²) >= 11 is 0. The number of hydrogen-bond donors (Lipinski definition) is 2. The summed E-state index contributed by atoms with van der Waals surface area (Å²) in [7, 11) is 0. The molecule has 0 radical (unpaired) electrons. The lowest BCUT2D eigenvalue weighted by atomic mass is 9.69. The van der Waals surface area contributed by atoms with Gasteiger partial charge in [-0.05, 0) is 72.4 Å². The fourth-order valence-electron chi connectivity index (χ4n) is 3.72. The molecule has 148 valence electrons. The molecule has 2 N–H and O–H groups in total. The molecule has 1 aliphatic rings. The maximum absolute atomic E-state index is 12.5. The molecule has 0 aromatic carbocycles. The first-order valence-corrected chi connectivity index (χ1v) is 9.99. The highest BCUT2D eigenvalue weighted by atomic mass is 16.1. The Morgan fingerprint density at radius 1 is 1.43 bits per heavy atom. The number of rotatable bonds is 4. The van der Waals surface area contributed by atoms with Gasteiger partial charge in [-0.3, -0.25) is 9.78 Å². The van der Waals surface area contributed by atoms with Crippen molar-refractivity contribution in [2.24, 2.45) is 11.3 Å². The van der Waals surface area contributed by atoms with Crippen LogP contribution in [0.1, 0.15) is 67.3 Å². The van der Waals surface area contributed by atoms with E-state index in [9.17, 15) is 4.79 Å². The fourth-order valence-corrected chi connectivity index (χ4v) is 3.72. The Labute approximate surface area is 168 Å². The lowest BCUT2D eigenvalue weighted by Gasteiger charge is -2.36. The summed E-state index contributed by atoms with van der Waals surface area (Å²) in [6, 6.07) is 5.73.